The predicted octanol–water partition coefficient (Wildman–Crippen LogP) is 1.73. The highest BCUT2D eigenvalue weighted by Crippen LogP contribution is 2.45. The van der Waals surface area contributed by atoms with Gasteiger partial charge in [-0.05, 0) is 17.2 Å². The summed E-state index contributed by atoms with van der Waals surface area (Å²) in [4.78, 5) is 13.6. The summed E-state index contributed by atoms with van der Waals surface area (Å²) in [6.07, 6.45) is 1.49. The topological polar surface area (TPSA) is 90.6 Å². The molecule has 2 unspecified atom stereocenters. The first-order valence-electron chi connectivity index (χ1n) is 9.55. The van der Waals surface area contributed by atoms with Crippen molar-refractivity contribution in [1.29, 1.82) is 0 Å². The number of aromatic nitrogens is 1. The molecular formula is C21H23FN4O3. The third-order valence-electron chi connectivity index (χ3n) is 5.21. The van der Waals surface area contributed by atoms with Crippen LogP contribution in [0, 0.1) is 0 Å². The van der Waals surface area contributed by atoms with Crippen LogP contribution in [0.4, 0.5) is 10.2 Å². The van der Waals surface area contributed by atoms with E-state index in [1.165, 1.54) is 19.1 Å². The minimum absolute atomic E-state index is 0.0832. The molecule has 1 aliphatic heterocycles. The van der Waals surface area contributed by atoms with Crippen molar-refractivity contribution in [2.45, 2.75) is 18.7 Å². The smallest absolute Gasteiger partial charge is 0.240 e. The second kappa shape index (κ2) is 7.81. The van der Waals surface area contributed by atoms with Crippen LogP contribution in [0.3, 0.4) is 0 Å². The van der Waals surface area contributed by atoms with E-state index in [2.05, 4.69) is 15.8 Å². The summed E-state index contributed by atoms with van der Waals surface area (Å²) in [6, 6.07) is 10.5. The summed E-state index contributed by atoms with van der Waals surface area (Å²) in [7, 11) is 0. The first kappa shape index (κ1) is 19.4. The van der Waals surface area contributed by atoms with Gasteiger partial charge in [0.25, 0.3) is 0 Å². The van der Waals surface area contributed by atoms with Crippen LogP contribution in [0.1, 0.15) is 18.2 Å². The van der Waals surface area contributed by atoms with E-state index in [0.717, 1.165) is 26.2 Å². The van der Waals surface area contributed by atoms with E-state index in [4.69, 9.17) is 4.52 Å². The normalized spacial score (nSPS) is 24.7. The van der Waals surface area contributed by atoms with Crippen LogP contribution in [0.15, 0.2) is 58.8 Å². The molecule has 0 bridgehead atoms. The number of anilines is 1. The van der Waals surface area contributed by atoms with Crippen molar-refractivity contribution >= 4 is 17.3 Å². The zero-order valence-corrected chi connectivity index (χ0v) is 16.1. The van der Waals surface area contributed by atoms with Crippen molar-refractivity contribution in [2.24, 2.45) is 0 Å². The Morgan fingerprint density at radius 3 is 2.72 bits per heavy atom. The number of aliphatic hydroxyl groups is 1. The lowest BCUT2D eigenvalue weighted by molar-refractivity contribution is -0.119. The number of piperazine rings is 1. The molecule has 152 valence electrons. The first-order valence-corrected chi connectivity index (χ1v) is 9.55. The Hall–Kier alpha value is -2.97. The van der Waals surface area contributed by atoms with Gasteiger partial charge in [-0.1, -0.05) is 41.6 Å². The minimum Gasteiger partial charge on any atom is -0.384 e. The summed E-state index contributed by atoms with van der Waals surface area (Å²) in [5.74, 6) is -0.0901. The van der Waals surface area contributed by atoms with Gasteiger partial charge in [-0.25, -0.2) is 4.39 Å². The molecule has 8 heteroatoms. The number of amides is 1. The zero-order valence-electron chi connectivity index (χ0n) is 16.1. The number of rotatable bonds is 4. The summed E-state index contributed by atoms with van der Waals surface area (Å²) < 4.78 is 21.9. The van der Waals surface area contributed by atoms with Crippen LogP contribution < -0.4 is 15.5 Å². The second-order valence-electron chi connectivity index (χ2n) is 7.15. The summed E-state index contributed by atoms with van der Waals surface area (Å²) in [6.45, 7) is 4.32. The third-order valence-corrected chi connectivity index (χ3v) is 5.21. The van der Waals surface area contributed by atoms with Crippen molar-refractivity contribution in [2.75, 3.05) is 31.1 Å². The number of aliphatic hydroxyl groups excluding tert-OH is 1. The molecule has 1 aliphatic carbocycles. The molecule has 2 atom stereocenters. The Labute approximate surface area is 167 Å². The highest BCUT2D eigenvalue weighted by molar-refractivity contribution is 5.79. The van der Waals surface area contributed by atoms with Crippen LogP contribution in [-0.2, 0) is 10.5 Å². The molecule has 7 nitrogen and oxygen atoms in total. The maximum absolute atomic E-state index is 16.5. The van der Waals surface area contributed by atoms with Gasteiger partial charge in [0.15, 0.2) is 11.6 Å². The largest absolute Gasteiger partial charge is 0.384 e. The van der Waals surface area contributed by atoms with Crippen molar-refractivity contribution in [3.63, 3.8) is 0 Å². The molecule has 4 rings (SSSR count). The number of nitrogens with one attached hydrogen (secondary N) is 2. The number of allylic oxidation sites excluding steroid dienone is 2. The molecule has 3 N–H and O–H groups in total. The monoisotopic (exact) mass is 398 g/mol. The summed E-state index contributed by atoms with van der Waals surface area (Å²) in [5, 5.41) is 20.8. The molecule has 1 aromatic heterocycles. The molecular weight excluding hydrogens is 375 g/mol. The molecule has 2 aliphatic rings. The average molecular weight is 398 g/mol. The Morgan fingerprint density at radius 2 is 2.03 bits per heavy atom. The van der Waals surface area contributed by atoms with Gasteiger partial charge in [-0.3, -0.25) is 4.79 Å². The fraction of sp³-hybridized carbons (Fsp3) is 0.333. The lowest BCUT2D eigenvalue weighted by Gasteiger charge is -2.34. The first-order chi connectivity index (χ1) is 14.0. The molecule has 2 aromatic rings. The van der Waals surface area contributed by atoms with Gasteiger partial charge in [-0.2, -0.15) is 0 Å². The molecule has 1 fully saturated rings. The number of benzene rings is 1. The van der Waals surface area contributed by atoms with Crippen LogP contribution in [0.2, 0.25) is 0 Å². The van der Waals surface area contributed by atoms with Crippen molar-refractivity contribution in [3.05, 3.63) is 65.6 Å². The van der Waals surface area contributed by atoms with Crippen molar-refractivity contribution in [3.8, 4) is 0 Å². The molecule has 2 heterocycles. The molecule has 0 radical (unpaired) electrons. The Kier molecular flexibility index (Phi) is 5.21. The Bertz CT molecular complexity index is 950. The number of carbonyl (C=O) groups is 1. The fourth-order valence-corrected chi connectivity index (χ4v) is 3.70. The molecule has 0 spiro atoms. The number of hydrogen-bond donors (Lipinski definition) is 3. The van der Waals surface area contributed by atoms with Gasteiger partial charge in [0.2, 0.25) is 11.6 Å². The quantitative estimate of drug-likeness (QED) is 0.727. The summed E-state index contributed by atoms with van der Waals surface area (Å²) >= 11 is 0. The van der Waals surface area contributed by atoms with E-state index < -0.39 is 17.7 Å². The van der Waals surface area contributed by atoms with Gasteiger partial charge in [0, 0.05) is 39.2 Å². The SMILES string of the molecule is CC(=O)NC1=CC=C(c2ccccc2)C(O)C1(F)c1cc(N2CCNCC2)no1. The van der Waals surface area contributed by atoms with E-state index in [9.17, 15) is 9.90 Å². The molecule has 1 amide bonds. The van der Waals surface area contributed by atoms with Crippen LogP contribution >= 0.6 is 0 Å². The highest BCUT2D eigenvalue weighted by Gasteiger charge is 2.51. The van der Waals surface area contributed by atoms with Gasteiger partial charge >= 0.3 is 0 Å². The number of alkyl halides is 1. The highest BCUT2D eigenvalue weighted by atomic mass is 19.1. The fourth-order valence-electron chi connectivity index (χ4n) is 3.70. The minimum atomic E-state index is -2.48. The predicted molar refractivity (Wildman–Crippen MR) is 107 cm³/mol. The lowest BCUT2D eigenvalue weighted by Crippen LogP contribution is -2.45. The number of nitrogens with zero attached hydrogens (tertiary/aromatic N) is 2. The van der Waals surface area contributed by atoms with E-state index in [1.807, 2.05) is 23.1 Å². The van der Waals surface area contributed by atoms with Crippen LogP contribution in [0.5, 0.6) is 0 Å². The van der Waals surface area contributed by atoms with E-state index in [0.29, 0.717) is 17.0 Å². The number of hydrogen-bond acceptors (Lipinski definition) is 6. The van der Waals surface area contributed by atoms with Crippen LogP contribution in [0.25, 0.3) is 5.57 Å². The Morgan fingerprint density at radius 1 is 1.31 bits per heavy atom. The Balaban J connectivity index is 1.74. The lowest BCUT2D eigenvalue weighted by atomic mass is 9.80. The van der Waals surface area contributed by atoms with Crippen molar-refractivity contribution in [1.82, 2.24) is 15.8 Å². The molecule has 1 aromatic carbocycles. The van der Waals surface area contributed by atoms with Gasteiger partial charge in [0.1, 0.15) is 6.10 Å². The molecule has 29 heavy (non-hydrogen) atoms. The van der Waals surface area contributed by atoms with Gasteiger partial charge in [-0.15, -0.1) is 0 Å². The van der Waals surface area contributed by atoms with E-state index in [-0.39, 0.29) is 11.5 Å². The number of carbonyl (C=O) groups excluding carboxylic acids is 1. The average Bonchev–Trinajstić information content (AvgIpc) is 3.23. The van der Waals surface area contributed by atoms with E-state index in [1.54, 1.807) is 18.2 Å². The molecule has 1 saturated heterocycles. The van der Waals surface area contributed by atoms with Gasteiger partial charge < -0.3 is 25.2 Å². The maximum Gasteiger partial charge on any atom is 0.240 e. The van der Waals surface area contributed by atoms with Crippen molar-refractivity contribution < 1.29 is 18.8 Å². The zero-order chi connectivity index (χ0) is 20.4. The van der Waals surface area contributed by atoms with E-state index >= 15 is 4.39 Å². The van der Waals surface area contributed by atoms with Gasteiger partial charge in [0.05, 0.1) is 5.70 Å². The maximum atomic E-state index is 16.5. The number of halogens is 1. The standard InChI is InChI=1S/C21H23FN4O3/c1-14(27)24-17-8-7-16(15-5-3-2-4-6-15)20(28)21(17,22)18-13-19(25-29-18)26-11-9-23-10-12-26/h2-8,13,20,23,28H,9-12H2,1H3,(H,24,27). The molecule has 0 saturated carbocycles. The second-order valence-corrected chi connectivity index (χ2v) is 7.15. The van der Waals surface area contributed by atoms with Crippen LogP contribution in [-0.4, -0.2) is 48.5 Å². The third kappa shape index (κ3) is 3.56. The summed E-state index contributed by atoms with van der Waals surface area (Å²) in [5.41, 5.74) is -1.49.